The van der Waals surface area contributed by atoms with Crippen molar-refractivity contribution in [2.24, 2.45) is 0 Å². The maximum Gasteiger partial charge on any atom is 0.307 e. The lowest BCUT2D eigenvalue weighted by Crippen LogP contribution is -2.26. The van der Waals surface area contributed by atoms with Crippen LogP contribution in [0, 0.1) is 0 Å². The van der Waals surface area contributed by atoms with E-state index in [2.05, 4.69) is 0 Å². The predicted octanol–water partition coefficient (Wildman–Crippen LogP) is 0.640. The van der Waals surface area contributed by atoms with E-state index in [0.717, 1.165) is 4.47 Å². The minimum absolute atomic E-state index is 0.110. The van der Waals surface area contributed by atoms with Gasteiger partial charge in [-0.1, -0.05) is 16.6 Å². The molecule has 0 unspecified atom stereocenters. The fraction of sp³-hybridized carbons (Fsp3) is 0.364. The normalized spacial score (nSPS) is 16.9. The van der Waals surface area contributed by atoms with Gasteiger partial charge in [-0.3, -0.25) is 9.63 Å². The highest BCUT2D eigenvalue weighted by Gasteiger charge is 2.28. The highest BCUT2D eigenvalue weighted by molar-refractivity contribution is 7.89. The summed E-state index contributed by atoms with van der Waals surface area (Å²) in [6.07, 6.45) is 0.552. The molecule has 0 aliphatic carbocycles. The van der Waals surface area contributed by atoms with Gasteiger partial charge < -0.3 is 5.11 Å². The van der Waals surface area contributed by atoms with Crippen LogP contribution in [0.1, 0.15) is 12.0 Å². The monoisotopic (exact) mass is 271 g/mol. The molecule has 0 aromatic heterocycles. The Kier molecular flexibility index (Phi) is 3.65. The zero-order valence-corrected chi connectivity index (χ0v) is 10.4. The number of hydrogen-bond donors (Lipinski definition) is 1. The molecule has 18 heavy (non-hydrogen) atoms. The largest absolute Gasteiger partial charge is 0.481 e. The van der Waals surface area contributed by atoms with E-state index in [9.17, 15) is 13.2 Å². The Labute approximate surface area is 105 Å². The molecule has 1 aromatic carbocycles. The van der Waals surface area contributed by atoms with E-state index in [1.807, 2.05) is 0 Å². The molecule has 1 aliphatic heterocycles. The number of hydroxylamine groups is 1. The third kappa shape index (κ3) is 2.69. The highest BCUT2D eigenvalue weighted by Crippen LogP contribution is 2.20. The lowest BCUT2D eigenvalue weighted by Gasteiger charge is -2.14. The molecular formula is C11H13NO5S. The molecule has 0 radical (unpaired) electrons. The van der Waals surface area contributed by atoms with E-state index in [4.69, 9.17) is 9.94 Å². The van der Waals surface area contributed by atoms with Gasteiger partial charge in [0.05, 0.1) is 17.9 Å². The fourth-order valence-corrected chi connectivity index (χ4v) is 2.98. The van der Waals surface area contributed by atoms with Crippen LogP contribution in [0.2, 0.25) is 0 Å². The molecule has 0 saturated carbocycles. The minimum atomic E-state index is -3.62. The van der Waals surface area contributed by atoms with Gasteiger partial charge in [0.15, 0.2) is 0 Å². The van der Waals surface area contributed by atoms with Crippen molar-refractivity contribution < 1.29 is 23.2 Å². The Hall–Kier alpha value is -1.44. The van der Waals surface area contributed by atoms with Crippen molar-refractivity contribution >= 4 is 16.0 Å². The van der Waals surface area contributed by atoms with Crippen LogP contribution in [0.5, 0.6) is 0 Å². The van der Waals surface area contributed by atoms with Crippen molar-refractivity contribution in [3.63, 3.8) is 0 Å². The summed E-state index contributed by atoms with van der Waals surface area (Å²) in [7, 11) is -3.62. The molecule has 98 valence electrons. The summed E-state index contributed by atoms with van der Waals surface area (Å²) < 4.78 is 25.1. The number of benzene rings is 1. The number of rotatable bonds is 4. The zero-order chi connectivity index (χ0) is 13.2. The van der Waals surface area contributed by atoms with Crippen molar-refractivity contribution in [1.82, 2.24) is 4.47 Å². The van der Waals surface area contributed by atoms with Crippen molar-refractivity contribution in [1.29, 1.82) is 0 Å². The lowest BCUT2D eigenvalue weighted by molar-refractivity contribution is -0.136. The third-order valence-corrected chi connectivity index (χ3v) is 4.26. The summed E-state index contributed by atoms with van der Waals surface area (Å²) in [4.78, 5) is 15.6. The number of hydrogen-bond acceptors (Lipinski definition) is 4. The summed E-state index contributed by atoms with van der Waals surface area (Å²) in [5, 5.41) is 8.62. The number of sulfonamides is 1. The fourth-order valence-electron chi connectivity index (χ4n) is 1.69. The van der Waals surface area contributed by atoms with Gasteiger partial charge in [0.25, 0.3) is 10.0 Å². The van der Waals surface area contributed by atoms with Crippen LogP contribution in [-0.4, -0.2) is 37.1 Å². The zero-order valence-electron chi connectivity index (χ0n) is 9.57. The van der Waals surface area contributed by atoms with Crippen LogP contribution >= 0.6 is 0 Å². The summed E-state index contributed by atoms with van der Waals surface area (Å²) in [6.45, 7) is 0.746. The number of carbonyl (C=O) groups is 1. The quantitative estimate of drug-likeness (QED) is 0.868. The average molecular weight is 271 g/mol. The molecule has 6 nitrogen and oxygen atoms in total. The molecule has 0 bridgehead atoms. The summed E-state index contributed by atoms with van der Waals surface area (Å²) >= 11 is 0. The smallest absolute Gasteiger partial charge is 0.307 e. The Morgan fingerprint density at radius 1 is 1.33 bits per heavy atom. The van der Waals surface area contributed by atoms with E-state index in [-0.39, 0.29) is 11.3 Å². The number of aliphatic carboxylic acids is 1. The lowest BCUT2D eigenvalue weighted by atomic mass is 10.2. The van der Waals surface area contributed by atoms with E-state index >= 15 is 0 Å². The summed E-state index contributed by atoms with van der Waals surface area (Å²) in [6, 6.07) is 5.79. The molecular weight excluding hydrogens is 258 g/mol. The molecule has 1 fully saturated rings. The second kappa shape index (κ2) is 5.05. The second-order valence-corrected chi connectivity index (χ2v) is 5.76. The van der Waals surface area contributed by atoms with Gasteiger partial charge in [-0.05, 0) is 24.1 Å². The van der Waals surface area contributed by atoms with Crippen LogP contribution in [0.3, 0.4) is 0 Å². The first-order chi connectivity index (χ1) is 8.50. The number of carboxylic acids is 1. The SMILES string of the molecule is O=C(O)Cc1ccc(S(=O)(=O)N2CCCO2)cc1. The van der Waals surface area contributed by atoms with Gasteiger partial charge in [0.1, 0.15) is 0 Å². The topological polar surface area (TPSA) is 83.9 Å². The molecule has 1 heterocycles. The van der Waals surface area contributed by atoms with Gasteiger partial charge in [-0.15, -0.1) is 0 Å². The summed E-state index contributed by atoms with van der Waals surface area (Å²) in [5.74, 6) is -0.950. The van der Waals surface area contributed by atoms with Gasteiger partial charge >= 0.3 is 5.97 Å². The molecule has 2 rings (SSSR count). The van der Waals surface area contributed by atoms with Crippen LogP contribution in [0.15, 0.2) is 29.2 Å². The molecule has 0 atom stereocenters. The predicted molar refractivity (Wildman–Crippen MR) is 62.2 cm³/mol. The van der Waals surface area contributed by atoms with Gasteiger partial charge in [0, 0.05) is 6.54 Å². The van der Waals surface area contributed by atoms with Crippen LogP contribution in [0.4, 0.5) is 0 Å². The molecule has 7 heteroatoms. The molecule has 1 saturated heterocycles. The maximum atomic E-state index is 12.1. The Balaban J connectivity index is 2.20. The first kappa shape index (κ1) is 13.0. The van der Waals surface area contributed by atoms with E-state index in [0.29, 0.717) is 25.1 Å². The third-order valence-electron chi connectivity index (χ3n) is 2.56. The van der Waals surface area contributed by atoms with E-state index in [1.54, 1.807) is 0 Å². The molecule has 1 N–H and O–H groups in total. The highest BCUT2D eigenvalue weighted by atomic mass is 32.2. The summed E-state index contributed by atoms with van der Waals surface area (Å²) in [5.41, 5.74) is 0.559. The van der Waals surface area contributed by atoms with Crippen molar-refractivity contribution in [3.8, 4) is 0 Å². The Morgan fingerprint density at radius 3 is 2.50 bits per heavy atom. The number of nitrogens with zero attached hydrogens (tertiary/aromatic N) is 1. The van der Waals surface area contributed by atoms with Crippen LogP contribution in [-0.2, 0) is 26.1 Å². The van der Waals surface area contributed by atoms with Crippen LogP contribution in [0.25, 0.3) is 0 Å². The Morgan fingerprint density at radius 2 is 2.00 bits per heavy atom. The standard InChI is InChI=1S/C11H13NO5S/c13-11(14)8-9-2-4-10(5-3-9)18(15,16)12-6-1-7-17-12/h2-5H,1,6-8H2,(H,13,14). The van der Waals surface area contributed by atoms with E-state index in [1.165, 1.54) is 24.3 Å². The van der Waals surface area contributed by atoms with Crippen LogP contribution < -0.4 is 0 Å². The van der Waals surface area contributed by atoms with Crippen molar-refractivity contribution in [3.05, 3.63) is 29.8 Å². The number of carboxylic acid groups (broad SMARTS) is 1. The molecule has 0 spiro atoms. The molecule has 1 aromatic rings. The second-order valence-electron chi connectivity index (χ2n) is 3.93. The first-order valence-electron chi connectivity index (χ1n) is 5.46. The average Bonchev–Trinajstić information content (AvgIpc) is 2.83. The first-order valence-corrected chi connectivity index (χ1v) is 6.90. The van der Waals surface area contributed by atoms with Gasteiger partial charge in [-0.2, -0.15) is 0 Å². The maximum absolute atomic E-state index is 12.1. The van der Waals surface area contributed by atoms with Crippen molar-refractivity contribution in [2.75, 3.05) is 13.2 Å². The van der Waals surface area contributed by atoms with Gasteiger partial charge in [0.2, 0.25) is 0 Å². The van der Waals surface area contributed by atoms with Gasteiger partial charge in [-0.25, -0.2) is 8.42 Å². The van der Waals surface area contributed by atoms with Crippen molar-refractivity contribution in [2.45, 2.75) is 17.7 Å². The molecule has 1 aliphatic rings. The minimum Gasteiger partial charge on any atom is -0.481 e. The van der Waals surface area contributed by atoms with E-state index < -0.39 is 16.0 Å². The molecule has 0 amide bonds. The Bertz CT molecular complexity index is 531.